The van der Waals surface area contributed by atoms with Crippen molar-refractivity contribution < 1.29 is 61.3 Å². The molecule has 0 saturated carbocycles. The molecule has 56 heavy (non-hydrogen) atoms. The molecule has 1 radical (unpaired) electrons. The molecule has 0 aliphatic rings. The number of anilines is 2. The van der Waals surface area contributed by atoms with Gasteiger partial charge in [-0.2, -0.15) is 15.3 Å². The number of rotatable bonds is 15. The Labute approximate surface area is 338 Å². The third-order valence-electron chi connectivity index (χ3n) is 7.80. The first-order chi connectivity index (χ1) is 26.7. The topological polar surface area (TPSA) is 213 Å². The van der Waals surface area contributed by atoms with Crippen molar-refractivity contribution in [2.45, 2.75) is 23.6 Å². The van der Waals surface area contributed by atoms with E-state index >= 15 is 0 Å². The van der Waals surface area contributed by atoms with Gasteiger partial charge in [0, 0.05) is 50.9 Å². The van der Waals surface area contributed by atoms with Crippen LogP contribution in [0.25, 0.3) is 10.8 Å². The van der Waals surface area contributed by atoms with E-state index in [0.717, 1.165) is 34.5 Å². The standard InChI is InChI=1S/C37H31N7O9S2.Cu/c1-21-4-6-24(7-5-21)38-26-10-14-29-23(17-26)18-35(55-53-51-48)36(37(29)46)44-42-31-20-34(49-3)32(19-33(31)45)43-40-27-11-15-30(22(2)16-27)41-39-25-8-12-28(13-9-25)54-52-50-47;/h4-20,38,45-48H,1-3H3;. The van der Waals surface area contributed by atoms with E-state index in [1.54, 1.807) is 54.6 Å². The molecule has 0 spiro atoms. The molecule has 0 bridgehead atoms. The number of phenolic OH excluding ortho intramolecular Hbond substituents is 2. The van der Waals surface area contributed by atoms with Gasteiger partial charge in [0.05, 0.1) is 53.2 Å². The summed E-state index contributed by atoms with van der Waals surface area (Å²) in [7, 11) is 1.43. The second-order valence-electron chi connectivity index (χ2n) is 11.5. The summed E-state index contributed by atoms with van der Waals surface area (Å²) >= 11 is 1.44. The van der Waals surface area contributed by atoms with E-state index in [1.165, 1.54) is 19.2 Å². The summed E-state index contributed by atoms with van der Waals surface area (Å²) in [6.45, 7) is 3.86. The summed E-state index contributed by atoms with van der Waals surface area (Å²) < 4.78 is 14.6. The summed E-state index contributed by atoms with van der Waals surface area (Å²) in [5.41, 5.74) is 5.53. The Morgan fingerprint density at radius 1 is 0.607 bits per heavy atom. The van der Waals surface area contributed by atoms with Gasteiger partial charge in [-0.3, -0.25) is 0 Å². The van der Waals surface area contributed by atoms with Crippen LogP contribution in [0.1, 0.15) is 11.1 Å². The normalized spacial score (nSPS) is 11.5. The van der Waals surface area contributed by atoms with E-state index in [0.29, 0.717) is 44.8 Å². The third-order valence-corrected chi connectivity index (χ3v) is 9.02. The number of azo groups is 3. The Kier molecular flexibility index (Phi) is 14.9. The maximum atomic E-state index is 11.3. The van der Waals surface area contributed by atoms with Crippen LogP contribution >= 0.6 is 24.1 Å². The molecule has 291 valence electrons. The zero-order valence-electron chi connectivity index (χ0n) is 29.4. The number of ether oxygens (including phenoxy) is 1. The van der Waals surface area contributed by atoms with Crippen LogP contribution in [0, 0.1) is 13.8 Å². The predicted octanol–water partition coefficient (Wildman–Crippen LogP) is 12.7. The van der Waals surface area contributed by atoms with E-state index in [1.807, 2.05) is 50.2 Å². The first-order valence-electron chi connectivity index (χ1n) is 16.0. The van der Waals surface area contributed by atoms with Crippen LogP contribution in [-0.4, -0.2) is 27.8 Å². The molecule has 0 aliphatic heterocycles. The summed E-state index contributed by atoms with van der Waals surface area (Å²) in [6, 6.07) is 29.9. The molecule has 0 heterocycles. The van der Waals surface area contributed by atoms with Crippen molar-refractivity contribution in [2.24, 2.45) is 30.7 Å². The van der Waals surface area contributed by atoms with Gasteiger partial charge in [-0.15, -0.1) is 24.0 Å². The molecular weight excluding hydrogens is 814 g/mol. The number of hydrogen-bond donors (Lipinski definition) is 5. The van der Waals surface area contributed by atoms with E-state index < -0.39 is 0 Å². The van der Waals surface area contributed by atoms with Gasteiger partial charge >= 0.3 is 0 Å². The monoisotopic (exact) mass is 844 g/mol. The summed E-state index contributed by atoms with van der Waals surface area (Å²) in [5, 5.41) is 76.6. The third kappa shape index (κ3) is 10.6. The molecule has 19 heteroatoms. The Bertz CT molecular complexity index is 2390. The van der Waals surface area contributed by atoms with Crippen molar-refractivity contribution in [3.05, 3.63) is 114 Å². The molecule has 0 saturated heterocycles. The van der Waals surface area contributed by atoms with Gasteiger partial charge in [-0.25, -0.2) is 10.5 Å². The Balaban J connectivity index is 0.00000600. The van der Waals surface area contributed by atoms with Crippen LogP contribution in [0.15, 0.2) is 144 Å². The van der Waals surface area contributed by atoms with Gasteiger partial charge in [-0.1, -0.05) is 27.8 Å². The van der Waals surface area contributed by atoms with Gasteiger partial charge < -0.3 is 20.3 Å². The molecule has 0 unspecified atom stereocenters. The molecule has 16 nitrogen and oxygen atoms in total. The van der Waals surface area contributed by atoms with Crippen LogP contribution in [0.3, 0.4) is 0 Å². The van der Waals surface area contributed by atoms with Gasteiger partial charge in [0.1, 0.15) is 28.6 Å². The van der Waals surface area contributed by atoms with Crippen molar-refractivity contribution in [3.8, 4) is 17.2 Å². The SMILES string of the molecule is COc1cc(N=Nc2c(SOOO)cc3cc(Nc4ccc(C)cc4)ccc3c2O)c(O)cc1N=Nc1ccc(N=Nc2ccc(SOOO)cc2)c(C)c1.[Cu]. The summed E-state index contributed by atoms with van der Waals surface area (Å²) in [6.07, 6.45) is 0. The van der Waals surface area contributed by atoms with Crippen LogP contribution in [-0.2, 0) is 35.8 Å². The number of nitrogens with zero attached hydrogens (tertiary/aromatic N) is 6. The second-order valence-corrected chi connectivity index (χ2v) is 13.0. The Hall–Kier alpha value is -5.44. The minimum Gasteiger partial charge on any atom is -0.506 e. The molecule has 5 N–H and O–H groups in total. The van der Waals surface area contributed by atoms with Crippen molar-refractivity contribution >= 4 is 80.4 Å². The number of benzene rings is 6. The number of methoxy groups -OCH3 is 1. The second kappa shape index (κ2) is 19.9. The number of phenols is 2. The van der Waals surface area contributed by atoms with E-state index in [2.05, 4.69) is 54.7 Å². The number of aromatic hydroxyl groups is 2. The van der Waals surface area contributed by atoms with Crippen LogP contribution in [0.5, 0.6) is 17.2 Å². The van der Waals surface area contributed by atoms with E-state index in [-0.39, 0.29) is 56.3 Å². The molecule has 0 aliphatic carbocycles. The summed E-state index contributed by atoms with van der Waals surface area (Å²) in [5.74, 6) is -0.274. The van der Waals surface area contributed by atoms with Crippen LogP contribution < -0.4 is 10.1 Å². The average Bonchev–Trinajstić information content (AvgIpc) is 3.19. The van der Waals surface area contributed by atoms with Crippen LogP contribution in [0.4, 0.5) is 45.5 Å². The van der Waals surface area contributed by atoms with Crippen molar-refractivity contribution in [1.29, 1.82) is 0 Å². The maximum absolute atomic E-state index is 11.3. The number of fused-ring (bicyclic) bond motifs is 1. The van der Waals surface area contributed by atoms with Gasteiger partial charge in [0.2, 0.25) is 0 Å². The average molecular weight is 845 g/mol. The first kappa shape index (κ1) is 41.7. The predicted molar refractivity (Wildman–Crippen MR) is 206 cm³/mol. The number of hydrogen-bond acceptors (Lipinski definition) is 18. The molecular formula is C37H31CuN7O9S2. The summed E-state index contributed by atoms with van der Waals surface area (Å²) in [4.78, 5) is 0.949. The molecule has 0 atom stereocenters. The minimum atomic E-state index is -0.289. The Morgan fingerprint density at radius 2 is 1.27 bits per heavy atom. The molecule has 0 amide bonds. The smallest absolute Gasteiger partial charge is 0.152 e. The fraction of sp³-hybridized carbons (Fsp3) is 0.0811. The van der Waals surface area contributed by atoms with E-state index in [4.69, 9.17) is 15.3 Å². The largest absolute Gasteiger partial charge is 0.506 e. The van der Waals surface area contributed by atoms with Crippen molar-refractivity contribution in [1.82, 2.24) is 0 Å². The van der Waals surface area contributed by atoms with Crippen LogP contribution in [0.2, 0.25) is 0 Å². The van der Waals surface area contributed by atoms with E-state index in [9.17, 15) is 10.2 Å². The first-order valence-corrected chi connectivity index (χ1v) is 17.5. The fourth-order valence-corrected chi connectivity index (χ4v) is 5.93. The molecule has 6 aromatic carbocycles. The maximum Gasteiger partial charge on any atom is 0.152 e. The molecule has 0 fully saturated rings. The van der Waals surface area contributed by atoms with Gasteiger partial charge in [0.25, 0.3) is 0 Å². The fourth-order valence-electron chi connectivity index (χ4n) is 5.08. The molecule has 6 rings (SSSR count). The number of aryl methyl sites for hydroxylation is 2. The molecule has 0 aromatic heterocycles. The zero-order chi connectivity index (χ0) is 38.7. The van der Waals surface area contributed by atoms with Gasteiger partial charge in [-0.05, 0) is 104 Å². The van der Waals surface area contributed by atoms with Crippen molar-refractivity contribution in [3.63, 3.8) is 0 Å². The minimum absolute atomic E-state index is 0. The number of nitrogens with one attached hydrogen (secondary N) is 1. The zero-order valence-corrected chi connectivity index (χ0v) is 32.0. The van der Waals surface area contributed by atoms with Crippen molar-refractivity contribution in [2.75, 3.05) is 12.4 Å². The quantitative estimate of drug-likeness (QED) is 0.0215. The Morgan fingerprint density at radius 3 is 1.98 bits per heavy atom. The molecule has 6 aromatic rings. The van der Waals surface area contributed by atoms with Gasteiger partial charge in [0.15, 0.2) is 5.75 Å².